The zero-order valence-corrected chi connectivity index (χ0v) is 14.3. The van der Waals surface area contributed by atoms with Crippen LogP contribution in [0.4, 0.5) is 0 Å². The lowest BCUT2D eigenvalue weighted by molar-refractivity contribution is 0.0252. The van der Waals surface area contributed by atoms with Gasteiger partial charge in [-0.2, -0.15) is 0 Å². The molecule has 1 aliphatic rings. The van der Waals surface area contributed by atoms with Crippen LogP contribution < -0.4 is 0 Å². The molecular weight excluding hydrogens is 316 g/mol. The Morgan fingerprint density at radius 2 is 1.95 bits per heavy atom. The minimum absolute atomic E-state index is 0.0914. The number of amides is 1. The number of rotatable bonds is 4. The lowest BCUT2D eigenvalue weighted by Gasteiger charge is -2.49. The van der Waals surface area contributed by atoms with Gasteiger partial charge in [0.1, 0.15) is 0 Å². The average molecular weight is 339 g/mol. The van der Waals surface area contributed by atoms with Crippen molar-refractivity contribution in [3.8, 4) is 0 Å². The summed E-state index contributed by atoms with van der Waals surface area (Å²) in [4.78, 5) is 16.8. The van der Waals surface area contributed by atoms with E-state index >= 15 is 0 Å². The Morgan fingerprint density at radius 3 is 2.45 bits per heavy atom. The molecule has 0 saturated heterocycles. The molecule has 0 aliphatic heterocycles. The molecule has 2 rings (SSSR count). The van der Waals surface area contributed by atoms with Crippen molar-refractivity contribution in [1.29, 1.82) is 0 Å². The van der Waals surface area contributed by atoms with Gasteiger partial charge in [0.2, 0.25) is 0 Å². The van der Waals surface area contributed by atoms with Crippen LogP contribution in [0.1, 0.15) is 35.2 Å². The highest BCUT2D eigenvalue weighted by molar-refractivity contribution is 9.10. The summed E-state index contributed by atoms with van der Waals surface area (Å²) in [6, 6.07) is 5.90. The van der Waals surface area contributed by atoms with Crippen molar-refractivity contribution in [3.63, 3.8) is 0 Å². The third-order valence-electron chi connectivity index (χ3n) is 4.46. The van der Waals surface area contributed by atoms with Gasteiger partial charge in [0, 0.05) is 23.6 Å². The largest absolute Gasteiger partial charge is 0.340 e. The molecule has 1 aromatic rings. The molecule has 0 N–H and O–H groups in total. The third kappa shape index (κ3) is 2.91. The van der Waals surface area contributed by atoms with Crippen LogP contribution in [0.2, 0.25) is 0 Å². The molecule has 0 aromatic heterocycles. The molecule has 20 heavy (non-hydrogen) atoms. The Morgan fingerprint density at radius 1 is 1.30 bits per heavy atom. The van der Waals surface area contributed by atoms with Crippen LogP contribution in [0.5, 0.6) is 0 Å². The Balaban J connectivity index is 2.14. The van der Waals surface area contributed by atoms with E-state index in [4.69, 9.17) is 0 Å². The number of aryl methyl sites for hydroxylation is 1. The van der Waals surface area contributed by atoms with E-state index in [1.807, 2.05) is 37.1 Å². The predicted octanol–water partition coefficient (Wildman–Crippen LogP) is 3.31. The van der Waals surface area contributed by atoms with Crippen molar-refractivity contribution < 1.29 is 4.79 Å². The minimum Gasteiger partial charge on any atom is -0.340 e. The highest BCUT2D eigenvalue weighted by atomic mass is 79.9. The van der Waals surface area contributed by atoms with E-state index in [2.05, 4.69) is 34.9 Å². The topological polar surface area (TPSA) is 23.6 Å². The number of nitrogens with zero attached hydrogens (tertiary/aromatic N) is 2. The standard InChI is InChI=1S/C16H23BrN2O/c1-12-6-7-14(17)13(10-12)15(20)19(4)11-16(18(2)3)8-5-9-16/h6-7,10H,5,8-9,11H2,1-4H3. The van der Waals surface area contributed by atoms with E-state index in [0.717, 1.165) is 22.1 Å². The zero-order chi connectivity index (χ0) is 14.9. The molecule has 1 saturated carbocycles. The molecule has 1 aromatic carbocycles. The van der Waals surface area contributed by atoms with Gasteiger partial charge in [-0.15, -0.1) is 0 Å². The summed E-state index contributed by atoms with van der Waals surface area (Å²) >= 11 is 3.48. The van der Waals surface area contributed by atoms with E-state index in [1.165, 1.54) is 19.3 Å². The fourth-order valence-corrected chi connectivity index (χ4v) is 3.27. The first-order chi connectivity index (χ1) is 9.35. The molecule has 1 amide bonds. The first kappa shape index (κ1) is 15.5. The molecule has 1 fully saturated rings. The first-order valence-electron chi connectivity index (χ1n) is 7.05. The number of hydrogen-bond acceptors (Lipinski definition) is 2. The third-order valence-corrected chi connectivity index (χ3v) is 5.15. The Labute approximate surface area is 130 Å². The van der Waals surface area contributed by atoms with Crippen molar-refractivity contribution in [2.45, 2.75) is 31.7 Å². The Bertz CT molecular complexity index is 509. The number of benzene rings is 1. The second-order valence-electron chi connectivity index (χ2n) is 6.12. The van der Waals surface area contributed by atoms with Gasteiger partial charge < -0.3 is 9.80 Å². The van der Waals surface area contributed by atoms with Gasteiger partial charge in [0.25, 0.3) is 5.91 Å². The van der Waals surface area contributed by atoms with Crippen LogP contribution in [0.25, 0.3) is 0 Å². The fraction of sp³-hybridized carbons (Fsp3) is 0.562. The molecule has 0 radical (unpaired) electrons. The van der Waals surface area contributed by atoms with E-state index < -0.39 is 0 Å². The van der Waals surface area contributed by atoms with Gasteiger partial charge >= 0.3 is 0 Å². The van der Waals surface area contributed by atoms with Crippen LogP contribution in [0, 0.1) is 6.92 Å². The summed E-state index contributed by atoms with van der Waals surface area (Å²) in [7, 11) is 6.13. The molecule has 110 valence electrons. The predicted molar refractivity (Wildman–Crippen MR) is 86.1 cm³/mol. The lowest BCUT2D eigenvalue weighted by atomic mass is 9.75. The van der Waals surface area contributed by atoms with Crippen LogP contribution in [0.15, 0.2) is 22.7 Å². The molecule has 0 atom stereocenters. The second-order valence-corrected chi connectivity index (χ2v) is 6.97. The van der Waals surface area contributed by atoms with Gasteiger partial charge in [-0.25, -0.2) is 0 Å². The maximum Gasteiger partial charge on any atom is 0.254 e. The van der Waals surface area contributed by atoms with Crippen molar-refractivity contribution in [2.24, 2.45) is 0 Å². The summed E-state index contributed by atoms with van der Waals surface area (Å²) in [6.45, 7) is 2.80. The fourth-order valence-electron chi connectivity index (χ4n) is 2.85. The van der Waals surface area contributed by atoms with Crippen LogP contribution in [-0.2, 0) is 0 Å². The number of carbonyl (C=O) groups is 1. The number of likely N-dealkylation sites (N-methyl/N-ethyl adjacent to an activating group) is 2. The van der Waals surface area contributed by atoms with Gasteiger partial charge in [0.15, 0.2) is 0 Å². The quantitative estimate of drug-likeness (QED) is 0.840. The maximum atomic E-state index is 12.6. The summed E-state index contributed by atoms with van der Waals surface area (Å²) in [6.07, 6.45) is 3.60. The zero-order valence-electron chi connectivity index (χ0n) is 12.7. The number of hydrogen-bond donors (Lipinski definition) is 0. The summed E-state index contributed by atoms with van der Waals surface area (Å²) < 4.78 is 0.868. The van der Waals surface area contributed by atoms with Gasteiger partial charge in [-0.1, -0.05) is 11.6 Å². The molecule has 3 nitrogen and oxygen atoms in total. The number of carbonyl (C=O) groups excluding carboxylic acids is 1. The summed E-state index contributed by atoms with van der Waals surface area (Å²) in [5.41, 5.74) is 2.03. The van der Waals surface area contributed by atoms with E-state index in [1.54, 1.807) is 0 Å². The van der Waals surface area contributed by atoms with E-state index in [-0.39, 0.29) is 11.4 Å². The smallest absolute Gasteiger partial charge is 0.254 e. The minimum atomic E-state index is 0.0914. The van der Waals surface area contributed by atoms with Gasteiger partial charge in [-0.05, 0) is 68.3 Å². The lowest BCUT2D eigenvalue weighted by Crippen LogP contribution is -2.57. The van der Waals surface area contributed by atoms with Crippen LogP contribution in [-0.4, -0.2) is 48.9 Å². The van der Waals surface area contributed by atoms with Crippen molar-refractivity contribution >= 4 is 21.8 Å². The van der Waals surface area contributed by atoms with Gasteiger partial charge in [0.05, 0.1) is 5.56 Å². The molecule has 4 heteroatoms. The van der Waals surface area contributed by atoms with E-state index in [0.29, 0.717) is 0 Å². The first-order valence-corrected chi connectivity index (χ1v) is 7.84. The highest BCUT2D eigenvalue weighted by Crippen LogP contribution is 2.37. The Kier molecular flexibility index (Phi) is 4.55. The van der Waals surface area contributed by atoms with Crippen molar-refractivity contribution in [2.75, 3.05) is 27.7 Å². The monoisotopic (exact) mass is 338 g/mol. The number of halogens is 1. The Hall–Kier alpha value is -0.870. The molecule has 0 spiro atoms. The van der Waals surface area contributed by atoms with E-state index in [9.17, 15) is 4.79 Å². The average Bonchev–Trinajstić information content (AvgIpc) is 2.35. The van der Waals surface area contributed by atoms with Crippen molar-refractivity contribution in [1.82, 2.24) is 9.80 Å². The summed E-state index contributed by atoms with van der Waals surface area (Å²) in [5, 5.41) is 0. The molecule has 0 heterocycles. The summed E-state index contributed by atoms with van der Waals surface area (Å²) in [5.74, 6) is 0.0914. The maximum absolute atomic E-state index is 12.6. The van der Waals surface area contributed by atoms with Crippen molar-refractivity contribution in [3.05, 3.63) is 33.8 Å². The molecule has 0 unspecified atom stereocenters. The normalized spacial score (nSPS) is 16.9. The van der Waals surface area contributed by atoms with Crippen LogP contribution in [0.3, 0.4) is 0 Å². The highest BCUT2D eigenvalue weighted by Gasteiger charge is 2.40. The molecular formula is C16H23BrN2O. The molecule has 1 aliphatic carbocycles. The van der Waals surface area contributed by atoms with Gasteiger partial charge in [-0.3, -0.25) is 4.79 Å². The SMILES string of the molecule is Cc1ccc(Br)c(C(=O)N(C)CC2(N(C)C)CCC2)c1. The molecule has 0 bridgehead atoms. The van der Waals surface area contributed by atoms with Crippen LogP contribution >= 0.6 is 15.9 Å². The second kappa shape index (κ2) is 5.86.